The fourth-order valence-electron chi connectivity index (χ4n) is 4.28. The molecule has 31 heavy (non-hydrogen) atoms. The van der Waals surface area contributed by atoms with Crippen LogP contribution in [-0.4, -0.2) is 67.8 Å². The summed E-state index contributed by atoms with van der Waals surface area (Å²) in [5.74, 6) is 0.320. The Morgan fingerprint density at radius 1 is 1.06 bits per heavy atom. The van der Waals surface area contributed by atoms with Crippen LogP contribution in [0.2, 0.25) is 0 Å². The molecule has 0 N–H and O–H groups in total. The predicted octanol–water partition coefficient (Wildman–Crippen LogP) is 2.47. The lowest BCUT2D eigenvalue weighted by atomic mass is 9.95. The largest absolute Gasteiger partial charge is 0.371 e. The van der Waals surface area contributed by atoms with Crippen molar-refractivity contribution in [2.24, 2.45) is 5.92 Å². The number of rotatable bonds is 6. The molecule has 3 heterocycles. The molecule has 8 heteroatoms. The summed E-state index contributed by atoms with van der Waals surface area (Å²) in [5.41, 5.74) is 1.92. The van der Waals surface area contributed by atoms with Crippen molar-refractivity contribution in [1.29, 1.82) is 0 Å². The van der Waals surface area contributed by atoms with Crippen molar-refractivity contribution >= 4 is 27.7 Å². The molecule has 0 saturated carbocycles. The van der Waals surface area contributed by atoms with Crippen LogP contribution in [0.5, 0.6) is 0 Å². The zero-order valence-corrected chi connectivity index (χ0v) is 18.4. The van der Waals surface area contributed by atoms with E-state index in [1.165, 1.54) is 9.99 Å². The second-order valence-electron chi connectivity index (χ2n) is 8.09. The summed E-state index contributed by atoms with van der Waals surface area (Å²) >= 11 is 0. The van der Waals surface area contributed by atoms with Crippen molar-refractivity contribution in [3.8, 4) is 0 Å². The molecule has 0 aliphatic carbocycles. The van der Waals surface area contributed by atoms with Gasteiger partial charge in [0.25, 0.3) is 0 Å². The lowest BCUT2D eigenvalue weighted by Gasteiger charge is -2.38. The summed E-state index contributed by atoms with van der Waals surface area (Å²) in [6.45, 7) is 6.95. The normalized spacial score (nSPS) is 18.9. The van der Waals surface area contributed by atoms with Crippen LogP contribution in [-0.2, 0) is 14.8 Å². The van der Waals surface area contributed by atoms with E-state index in [9.17, 15) is 13.2 Å². The number of carbonyl (C=O) groups is 1. The fraction of sp³-hybridized carbons (Fsp3) is 0.391. The minimum Gasteiger partial charge on any atom is -0.371 e. The van der Waals surface area contributed by atoms with Gasteiger partial charge < -0.3 is 9.80 Å². The van der Waals surface area contributed by atoms with Crippen LogP contribution < -0.4 is 4.90 Å². The monoisotopic (exact) mass is 440 g/mol. The molecule has 2 aromatic rings. The summed E-state index contributed by atoms with van der Waals surface area (Å²) in [5, 5.41) is 0. The molecule has 164 valence electrons. The standard InChI is InChI=1S/C23H28N4O3S/c1-2-19-4-3-5-22(16-19)31(29,30)27-15-14-26(23(28)18-27)17-20-8-12-25(13-9-20)21-6-10-24-11-7-21/h2-7,10-11,16,20H,1,8-9,12-15,17-18H2. The van der Waals surface area contributed by atoms with E-state index < -0.39 is 10.0 Å². The maximum atomic E-state index is 13.0. The van der Waals surface area contributed by atoms with Crippen LogP contribution in [0.15, 0.2) is 60.3 Å². The number of nitrogens with zero attached hydrogens (tertiary/aromatic N) is 4. The van der Waals surface area contributed by atoms with Crippen molar-refractivity contribution in [3.63, 3.8) is 0 Å². The number of aromatic nitrogens is 1. The highest BCUT2D eigenvalue weighted by atomic mass is 32.2. The average molecular weight is 441 g/mol. The highest BCUT2D eigenvalue weighted by Crippen LogP contribution is 2.25. The van der Waals surface area contributed by atoms with Gasteiger partial charge in [0.1, 0.15) is 0 Å². The van der Waals surface area contributed by atoms with E-state index in [-0.39, 0.29) is 17.3 Å². The van der Waals surface area contributed by atoms with Crippen LogP contribution >= 0.6 is 0 Å². The third kappa shape index (κ3) is 4.80. The van der Waals surface area contributed by atoms with Crippen molar-refractivity contribution in [3.05, 3.63) is 60.9 Å². The van der Waals surface area contributed by atoms with E-state index in [4.69, 9.17) is 0 Å². The van der Waals surface area contributed by atoms with Gasteiger partial charge in [-0.25, -0.2) is 8.42 Å². The van der Waals surface area contributed by atoms with E-state index in [2.05, 4.69) is 16.5 Å². The van der Waals surface area contributed by atoms with Gasteiger partial charge in [0.05, 0.1) is 11.4 Å². The Bertz CT molecular complexity index is 1030. The molecule has 0 atom stereocenters. The lowest BCUT2D eigenvalue weighted by molar-refractivity contribution is -0.134. The van der Waals surface area contributed by atoms with Crippen LogP contribution in [0.4, 0.5) is 5.69 Å². The Balaban J connectivity index is 1.32. The molecule has 2 fully saturated rings. The van der Waals surface area contributed by atoms with Crippen LogP contribution in [0, 0.1) is 5.92 Å². The van der Waals surface area contributed by atoms with Crippen LogP contribution in [0.3, 0.4) is 0 Å². The molecule has 0 spiro atoms. The van der Waals surface area contributed by atoms with Crippen molar-refractivity contribution in [2.45, 2.75) is 17.7 Å². The first-order valence-electron chi connectivity index (χ1n) is 10.6. The molecular weight excluding hydrogens is 412 g/mol. The molecule has 0 radical (unpaired) electrons. The van der Waals surface area contributed by atoms with Gasteiger partial charge in [-0.3, -0.25) is 9.78 Å². The van der Waals surface area contributed by atoms with Gasteiger partial charge in [0.15, 0.2) is 0 Å². The van der Waals surface area contributed by atoms with E-state index in [1.54, 1.807) is 42.7 Å². The number of piperidine rings is 1. The summed E-state index contributed by atoms with van der Waals surface area (Å²) in [6.07, 6.45) is 7.26. The fourth-order valence-corrected chi connectivity index (χ4v) is 5.71. The topological polar surface area (TPSA) is 73.8 Å². The molecular formula is C23H28N4O3S. The highest BCUT2D eigenvalue weighted by Gasteiger charge is 2.34. The molecule has 0 unspecified atom stereocenters. The molecule has 2 saturated heterocycles. The molecule has 2 aliphatic rings. The van der Waals surface area contributed by atoms with Crippen molar-refractivity contribution in [2.75, 3.05) is 44.2 Å². The number of pyridine rings is 1. The van der Waals surface area contributed by atoms with Crippen molar-refractivity contribution in [1.82, 2.24) is 14.2 Å². The highest BCUT2D eigenvalue weighted by molar-refractivity contribution is 7.89. The zero-order chi connectivity index (χ0) is 21.8. The first-order chi connectivity index (χ1) is 15.0. The molecule has 0 bridgehead atoms. The average Bonchev–Trinajstić information content (AvgIpc) is 2.81. The second kappa shape index (κ2) is 9.20. The number of anilines is 1. The van der Waals surface area contributed by atoms with E-state index in [1.807, 2.05) is 17.0 Å². The van der Waals surface area contributed by atoms with Gasteiger partial charge >= 0.3 is 0 Å². The number of piperazine rings is 1. The maximum absolute atomic E-state index is 13.0. The van der Waals surface area contributed by atoms with Gasteiger partial charge in [0, 0.05) is 50.8 Å². The van der Waals surface area contributed by atoms with Gasteiger partial charge in [0.2, 0.25) is 15.9 Å². The Morgan fingerprint density at radius 2 is 1.81 bits per heavy atom. The third-order valence-corrected chi connectivity index (χ3v) is 7.98. The van der Waals surface area contributed by atoms with E-state index in [0.29, 0.717) is 25.6 Å². The van der Waals surface area contributed by atoms with Gasteiger partial charge in [-0.15, -0.1) is 0 Å². The van der Waals surface area contributed by atoms with Gasteiger partial charge in [-0.2, -0.15) is 4.31 Å². The van der Waals surface area contributed by atoms with E-state index >= 15 is 0 Å². The van der Waals surface area contributed by atoms with Crippen LogP contribution in [0.25, 0.3) is 6.08 Å². The quantitative estimate of drug-likeness (QED) is 0.690. The number of carbonyl (C=O) groups excluding carboxylic acids is 1. The number of hydrogen-bond donors (Lipinski definition) is 0. The van der Waals surface area contributed by atoms with Crippen molar-refractivity contribution < 1.29 is 13.2 Å². The Hall–Kier alpha value is -2.71. The van der Waals surface area contributed by atoms with Gasteiger partial charge in [-0.05, 0) is 48.6 Å². The Kier molecular flexibility index (Phi) is 6.38. The van der Waals surface area contributed by atoms with E-state index in [0.717, 1.165) is 31.5 Å². The minimum absolute atomic E-state index is 0.101. The summed E-state index contributed by atoms with van der Waals surface area (Å²) < 4.78 is 27.3. The first-order valence-corrected chi connectivity index (χ1v) is 12.1. The number of sulfonamides is 1. The summed E-state index contributed by atoms with van der Waals surface area (Å²) in [6, 6.07) is 10.7. The van der Waals surface area contributed by atoms with Crippen LogP contribution in [0.1, 0.15) is 18.4 Å². The smallest absolute Gasteiger partial charge is 0.243 e. The zero-order valence-electron chi connectivity index (χ0n) is 17.6. The molecule has 1 aromatic heterocycles. The molecule has 7 nitrogen and oxygen atoms in total. The summed E-state index contributed by atoms with van der Waals surface area (Å²) in [7, 11) is -3.70. The first kappa shape index (κ1) is 21.5. The molecule has 1 amide bonds. The Morgan fingerprint density at radius 3 is 2.48 bits per heavy atom. The molecule has 4 rings (SSSR count). The molecule has 1 aromatic carbocycles. The third-order valence-electron chi connectivity index (χ3n) is 6.14. The van der Waals surface area contributed by atoms with Gasteiger partial charge in [-0.1, -0.05) is 24.8 Å². The Labute approximate surface area is 184 Å². The SMILES string of the molecule is C=Cc1cccc(S(=O)(=O)N2CCN(CC3CCN(c4ccncc4)CC3)C(=O)C2)c1. The number of amides is 1. The minimum atomic E-state index is -3.70. The maximum Gasteiger partial charge on any atom is 0.243 e. The second-order valence-corrected chi connectivity index (χ2v) is 10.0. The lowest BCUT2D eigenvalue weighted by Crippen LogP contribution is -2.53. The predicted molar refractivity (Wildman–Crippen MR) is 121 cm³/mol. The summed E-state index contributed by atoms with van der Waals surface area (Å²) in [4.78, 5) is 21.2. The molecule has 2 aliphatic heterocycles. The number of benzene rings is 1. The number of hydrogen-bond acceptors (Lipinski definition) is 5.